The van der Waals surface area contributed by atoms with Crippen LogP contribution in [0.4, 0.5) is 0 Å². The minimum atomic E-state index is -5.02. The van der Waals surface area contributed by atoms with E-state index >= 15 is 0 Å². The maximum Gasteiger partial charge on any atom is 1.00 e. The van der Waals surface area contributed by atoms with Gasteiger partial charge in [0.05, 0.1) is 12.8 Å². The Morgan fingerprint density at radius 1 is 1.18 bits per heavy atom. The van der Waals surface area contributed by atoms with Gasteiger partial charge < -0.3 is 9.39 Å². The van der Waals surface area contributed by atoms with Crippen molar-refractivity contribution in [3.8, 4) is 11.4 Å². The summed E-state index contributed by atoms with van der Waals surface area (Å²) in [4.78, 5) is 40.0. The molecule has 1 atom stereocenters. The van der Waals surface area contributed by atoms with Gasteiger partial charge in [-0.25, -0.2) is 13.2 Å². The topological polar surface area (TPSA) is 172 Å². The van der Waals surface area contributed by atoms with Crippen LogP contribution in [0.25, 0.3) is 11.4 Å². The normalized spacial score (nSPS) is 16.6. The summed E-state index contributed by atoms with van der Waals surface area (Å²) in [5.74, 6) is -3.15. The molecule has 0 radical (unpaired) electrons. The molecule has 0 aliphatic carbocycles. The molecule has 14 heteroatoms. The van der Waals surface area contributed by atoms with Gasteiger partial charge in [-0.1, -0.05) is 24.3 Å². The van der Waals surface area contributed by atoms with Crippen molar-refractivity contribution < 1.29 is 61.7 Å². The van der Waals surface area contributed by atoms with Gasteiger partial charge >= 0.3 is 35.5 Å². The van der Waals surface area contributed by atoms with Gasteiger partial charge in [-0.15, -0.1) is 25.5 Å². The molecule has 0 saturated carbocycles. The van der Waals surface area contributed by atoms with E-state index in [1.807, 2.05) is 0 Å². The van der Waals surface area contributed by atoms with Gasteiger partial charge in [0.2, 0.25) is 5.82 Å². The molecular weight excluding hydrogens is 405 g/mol. The number of hydroxylamine groups is 2. The smallest absolute Gasteiger partial charge is 0.747 e. The van der Waals surface area contributed by atoms with E-state index in [0.717, 1.165) is 0 Å². The van der Waals surface area contributed by atoms with Gasteiger partial charge in [-0.05, 0) is 5.56 Å². The first-order valence-electron chi connectivity index (χ1n) is 7.37. The quantitative estimate of drug-likeness (QED) is 0.262. The third-order valence-corrected chi connectivity index (χ3v) is 4.64. The van der Waals surface area contributed by atoms with Crippen LogP contribution in [0.1, 0.15) is 12.0 Å². The van der Waals surface area contributed by atoms with Crippen LogP contribution < -0.4 is 29.6 Å². The Morgan fingerprint density at radius 2 is 1.79 bits per heavy atom. The van der Waals surface area contributed by atoms with Crippen molar-refractivity contribution in [2.24, 2.45) is 0 Å². The van der Waals surface area contributed by atoms with Gasteiger partial charge in [0.25, 0.3) is 11.8 Å². The van der Waals surface area contributed by atoms with Gasteiger partial charge in [-0.3, -0.25) is 9.59 Å². The third kappa shape index (κ3) is 4.94. The number of imide groups is 1. The maximum atomic E-state index is 11.9. The van der Waals surface area contributed by atoms with Crippen molar-refractivity contribution in [2.75, 3.05) is 0 Å². The third-order valence-electron chi connectivity index (χ3n) is 3.57. The van der Waals surface area contributed by atoms with Crippen LogP contribution in [0.3, 0.4) is 0 Å². The van der Waals surface area contributed by atoms with Gasteiger partial charge in [0.1, 0.15) is 15.4 Å². The number of aromatic nitrogens is 4. The molecule has 2 heterocycles. The molecule has 3 rings (SSSR count). The van der Waals surface area contributed by atoms with E-state index in [0.29, 0.717) is 11.1 Å². The average molecular weight is 415 g/mol. The van der Waals surface area contributed by atoms with E-state index in [4.69, 9.17) is 0 Å². The molecule has 2 aromatic rings. The van der Waals surface area contributed by atoms with Crippen molar-refractivity contribution in [3.63, 3.8) is 0 Å². The largest absolute Gasteiger partial charge is 1.00 e. The molecule has 0 spiro atoms. The van der Waals surface area contributed by atoms with Gasteiger partial charge in [0.15, 0.2) is 6.33 Å². The second-order valence-corrected chi connectivity index (χ2v) is 6.97. The van der Waals surface area contributed by atoms with Crippen LogP contribution in [-0.4, -0.2) is 61.5 Å². The summed E-state index contributed by atoms with van der Waals surface area (Å²) in [5.41, 5.74) is 1.08. The molecule has 1 unspecified atom stereocenters. The number of carbonyl (C=O) groups is 3. The minimum absolute atomic E-state index is 0. The maximum absolute atomic E-state index is 11.9. The SMILES string of the molecule is O=C(Cc1ccc(-c2nncnn2)cc1)ON1C(=O)CC(S(=O)(=O)[O-])C1=O.[Na+]. The summed E-state index contributed by atoms with van der Waals surface area (Å²) < 4.78 is 32.8. The number of benzene rings is 1. The zero-order chi connectivity index (χ0) is 19.6. The molecule has 1 fully saturated rings. The van der Waals surface area contributed by atoms with Gasteiger partial charge in [-0.2, -0.15) is 0 Å². The monoisotopic (exact) mass is 415 g/mol. The van der Waals surface area contributed by atoms with E-state index in [-0.39, 0.29) is 46.9 Å². The molecule has 1 saturated heterocycles. The Bertz CT molecular complexity index is 1000. The average Bonchev–Trinajstić information content (AvgIpc) is 2.91. The Kier molecular flexibility index (Phi) is 6.90. The second-order valence-electron chi connectivity index (χ2n) is 5.42. The fraction of sp³-hybridized carbons (Fsp3) is 0.214. The minimum Gasteiger partial charge on any atom is -0.747 e. The van der Waals surface area contributed by atoms with E-state index in [1.165, 1.54) is 6.33 Å². The Hall–Kier alpha value is -2.32. The second kappa shape index (κ2) is 8.79. The van der Waals surface area contributed by atoms with Gasteiger partial charge in [0, 0.05) is 5.56 Å². The van der Waals surface area contributed by atoms with E-state index in [2.05, 4.69) is 25.2 Å². The van der Waals surface area contributed by atoms with Crippen molar-refractivity contribution in [1.29, 1.82) is 0 Å². The number of amides is 2. The van der Waals surface area contributed by atoms with Crippen LogP contribution in [0, 0.1) is 0 Å². The standard InChI is InChI=1S/C14H11N5O7S.Na/c20-11-6-10(27(23,24)25)14(22)19(11)26-12(21)5-8-1-3-9(4-2-8)13-17-15-7-16-18-13;/h1-4,7,10H,5-6H2,(H,23,24,25);/q;+1/p-1. The fourth-order valence-electron chi connectivity index (χ4n) is 2.30. The summed E-state index contributed by atoms with van der Waals surface area (Å²) in [6.45, 7) is 0. The summed E-state index contributed by atoms with van der Waals surface area (Å²) in [6.07, 6.45) is 0.0154. The van der Waals surface area contributed by atoms with Crippen LogP contribution in [-0.2, 0) is 35.8 Å². The van der Waals surface area contributed by atoms with Crippen LogP contribution >= 0.6 is 0 Å². The summed E-state index contributed by atoms with van der Waals surface area (Å²) >= 11 is 0. The van der Waals surface area contributed by atoms with Crippen molar-refractivity contribution in [1.82, 2.24) is 25.5 Å². The van der Waals surface area contributed by atoms with Crippen LogP contribution in [0.2, 0.25) is 0 Å². The number of hydrogen-bond acceptors (Lipinski definition) is 11. The fourth-order valence-corrected chi connectivity index (χ4v) is 2.99. The molecule has 0 N–H and O–H groups in total. The molecule has 12 nitrogen and oxygen atoms in total. The van der Waals surface area contributed by atoms with Crippen LogP contribution in [0.15, 0.2) is 30.6 Å². The van der Waals surface area contributed by atoms with Crippen LogP contribution in [0.5, 0.6) is 0 Å². The van der Waals surface area contributed by atoms with E-state index < -0.39 is 39.6 Å². The zero-order valence-electron chi connectivity index (χ0n) is 14.4. The number of carbonyl (C=O) groups excluding carboxylic acids is 3. The number of rotatable bonds is 5. The summed E-state index contributed by atoms with van der Waals surface area (Å²) in [7, 11) is -5.02. The van der Waals surface area contributed by atoms with E-state index in [9.17, 15) is 27.4 Å². The molecule has 1 aliphatic heterocycles. The predicted octanol–water partition coefficient (Wildman–Crippen LogP) is -4.39. The molecular formula is C14H10N5NaO7S. The first kappa shape index (κ1) is 22.0. The predicted molar refractivity (Wildman–Crippen MR) is 82.8 cm³/mol. The summed E-state index contributed by atoms with van der Waals surface area (Å²) in [5, 5.41) is 12.7. The zero-order valence-corrected chi connectivity index (χ0v) is 17.2. The molecule has 28 heavy (non-hydrogen) atoms. The van der Waals surface area contributed by atoms with Crippen molar-refractivity contribution in [2.45, 2.75) is 18.1 Å². The molecule has 2 amide bonds. The first-order chi connectivity index (χ1) is 12.8. The number of hydrogen-bond donors (Lipinski definition) is 0. The molecule has 140 valence electrons. The van der Waals surface area contributed by atoms with Crippen molar-refractivity contribution >= 4 is 27.9 Å². The Balaban J connectivity index is 0.00000280. The molecule has 1 aromatic heterocycles. The Morgan fingerprint density at radius 3 is 2.32 bits per heavy atom. The van der Waals surface area contributed by atoms with E-state index in [1.54, 1.807) is 24.3 Å². The molecule has 0 bridgehead atoms. The molecule has 1 aromatic carbocycles. The summed E-state index contributed by atoms with van der Waals surface area (Å²) in [6, 6.07) is 6.33. The Labute approximate surface area is 180 Å². The first-order valence-corrected chi connectivity index (χ1v) is 8.85. The van der Waals surface area contributed by atoms with Crippen molar-refractivity contribution in [3.05, 3.63) is 36.2 Å². The molecule has 1 aliphatic rings. The number of nitrogens with zero attached hydrogens (tertiary/aromatic N) is 5.